The van der Waals surface area contributed by atoms with E-state index in [1.807, 2.05) is 0 Å². The quantitative estimate of drug-likeness (QED) is 0.800. The first-order valence-corrected chi connectivity index (χ1v) is 8.57. The lowest BCUT2D eigenvalue weighted by molar-refractivity contribution is 0.593. The molecule has 96 valence electrons. The molecule has 0 aliphatic carbocycles. The van der Waals surface area contributed by atoms with Crippen LogP contribution < -0.4 is 4.72 Å². The number of sulfonamides is 1. The summed E-state index contributed by atoms with van der Waals surface area (Å²) >= 11 is 5.66. The zero-order valence-corrected chi connectivity index (χ0v) is 11.3. The van der Waals surface area contributed by atoms with E-state index in [4.69, 9.17) is 11.6 Å². The number of pyridine rings is 1. The van der Waals surface area contributed by atoms with Crippen molar-refractivity contribution in [2.24, 2.45) is 0 Å². The van der Waals surface area contributed by atoms with Crippen molar-refractivity contribution in [3.05, 3.63) is 23.5 Å². The highest BCUT2D eigenvalue weighted by atomic mass is 35.5. The number of hydrogen-bond acceptors (Lipinski definition) is 5. The van der Waals surface area contributed by atoms with E-state index in [-0.39, 0.29) is 10.8 Å². The third-order valence-electron chi connectivity index (χ3n) is 1.75. The van der Waals surface area contributed by atoms with Gasteiger partial charge >= 0.3 is 0 Å². The van der Waals surface area contributed by atoms with Gasteiger partial charge in [0.05, 0.1) is 17.2 Å². The van der Waals surface area contributed by atoms with Gasteiger partial charge in [0.2, 0.25) is 10.0 Å². The van der Waals surface area contributed by atoms with E-state index in [1.165, 1.54) is 18.3 Å². The largest absolute Gasteiger partial charge is 0.280 e. The van der Waals surface area contributed by atoms with Crippen LogP contribution in [0.2, 0.25) is 5.15 Å². The second-order valence-corrected chi connectivity index (χ2v) is 7.85. The predicted molar refractivity (Wildman–Crippen MR) is 66.4 cm³/mol. The van der Waals surface area contributed by atoms with E-state index < -0.39 is 31.4 Å². The van der Waals surface area contributed by atoms with Crippen LogP contribution in [0.3, 0.4) is 0 Å². The second-order valence-electron chi connectivity index (χ2n) is 3.39. The first-order chi connectivity index (χ1) is 7.70. The summed E-state index contributed by atoms with van der Waals surface area (Å²) in [6.07, 6.45) is 2.39. The summed E-state index contributed by atoms with van der Waals surface area (Å²) in [5.41, 5.74) is 0.127. The minimum absolute atomic E-state index is 0.00966. The topological polar surface area (TPSA) is 93.2 Å². The van der Waals surface area contributed by atoms with Gasteiger partial charge in [0.25, 0.3) is 0 Å². The van der Waals surface area contributed by atoms with Crippen LogP contribution in [0.5, 0.6) is 0 Å². The van der Waals surface area contributed by atoms with Gasteiger partial charge in [-0.3, -0.25) is 4.72 Å². The third-order valence-corrected chi connectivity index (χ3v) is 4.53. The summed E-state index contributed by atoms with van der Waals surface area (Å²) in [6.45, 7) is 0. The lowest BCUT2D eigenvalue weighted by atomic mass is 10.4. The molecule has 1 aromatic rings. The highest BCUT2D eigenvalue weighted by molar-refractivity contribution is 7.95. The van der Waals surface area contributed by atoms with Gasteiger partial charge in [0, 0.05) is 12.5 Å². The Balaban J connectivity index is 2.78. The molecule has 1 aromatic heterocycles. The zero-order chi connectivity index (χ0) is 13.1. The summed E-state index contributed by atoms with van der Waals surface area (Å²) in [7, 11) is -7.07. The van der Waals surface area contributed by atoms with Crippen LogP contribution in [0, 0.1) is 0 Å². The van der Waals surface area contributed by atoms with E-state index in [1.54, 1.807) is 0 Å². The van der Waals surface area contributed by atoms with Gasteiger partial charge in [-0.1, -0.05) is 11.6 Å². The normalized spacial score (nSPS) is 12.4. The molecule has 1 heterocycles. The van der Waals surface area contributed by atoms with E-state index >= 15 is 0 Å². The Hall–Kier alpha value is -0.860. The Bertz CT molecular complexity index is 598. The fourth-order valence-corrected chi connectivity index (χ4v) is 3.85. The van der Waals surface area contributed by atoms with Gasteiger partial charge in [-0.15, -0.1) is 0 Å². The maximum Gasteiger partial charge on any atom is 0.233 e. The first kappa shape index (κ1) is 14.2. The number of rotatable bonds is 5. The fraction of sp³-hybridized carbons (Fsp3) is 0.375. The van der Waals surface area contributed by atoms with Crippen LogP contribution in [-0.2, 0) is 19.9 Å². The molecular formula is C8H11ClN2O4S2. The summed E-state index contributed by atoms with van der Waals surface area (Å²) in [5, 5.41) is 0.00966. The lowest BCUT2D eigenvalue weighted by Crippen LogP contribution is -2.22. The minimum atomic E-state index is -3.74. The molecule has 0 aliphatic heterocycles. The minimum Gasteiger partial charge on any atom is -0.280 e. The molecule has 1 N–H and O–H groups in total. The van der Waals surface area contributed by atoms with Gasteiger partial charge in [-0.25, -0.2) is 21.8 Å². The average molecular weight is 299 g/mol. The molecule has 0 saturated heterocycles. The van der Waals surface area contributed by atoms with Crippen LogP contribution >= 0.6 is 11.6 Å². The molecule has 0 fully saturated rings. The number of halogens is 1. The van der Waals surface area contributed by atoms with Gasteiger partial charge in [0.1, 0.15) is 9.84 Å². The Morgan fingerprint density at radius 3 is 2.47 bits per heavy atom. The molecule has 0 spiro atoms. The Morgan fingerprint density at radius 2 is 1.94 bits per heavy atom. The lowest BCUT2D eigenvalue weighted by Gasteiger charge is -2.07. The molecule has 0 unspecified atom stereocenters. The number of aromatic nitrogens is 1. The smallest absolute Gasteiger partial charge is 0.233 e. The number of anilines is 1. The highest BCUT2D eigenvalue weighted by Gasteiger charge is 2.15. The van der Waals surface area contributed by atoms with Crippen molar-refractivity contribution >= 4 is 37.1 Å². The van der Waals surface area contributed by atoms with Crippen molar-refractivity contribution in [2.75, 3.05) is 22.5 Å². The first-order valence-electron chi connectivity index (χ1n) is 4.48. The van der Waals surface area contributed by atoms with Crippen LogP contribution in [-0.4, -0.2) is 39.6 Å². The molecule has 0 atom stereocenters. The zero-order valence-electron chi connectivity index (χ0n) is 8.92. The molecule has 0 saturated carbocycles. The fourth-order valence-electron chi connectivity index (χ4n) is 0.942. The third kappa shape index (κ3) is 5.33. The van der Waals surface area contributed by atoms with Gasteiger partial charge < -0.3 is 0 Å². The average Bonchev–Trinajstić information content (AvgIpc) is 2.18. The van der Waals surface area contributed by atoms with Crippen molar-refractivity contribution in [1.82, 2.24) is 4.98 Å². The van der Waals surface area contributed by atoms with Crippen LogP contribution in [0.25, 0.3) is 0 Å². The van der Waals surface area contributed by atoms with Crippen molar-refractivity contribution in [2.45, 2.75) is 0 Å². The SMILES string of the molecule is CS(=O)(=O)CCS(=O)(=O)Nc1cccnc1Cl. The molecule has 0 bridgehead atoms. The van der Waals surface area contributed by atoms with Crippen LogP contribution in [0.4, 0.5) is 5.69 Å². The standard InChI is InChI=1S/C8H11ClN2O4S2/c1-16(12,13)5-6-17(14,15)11-7-3-2-4-10-8(7)9/h2-4,11H,5-6H2,1H3. The van der Waals surface area contributed by atoms with Gasteiger partial charge in [-0.05, 0) is 12.1 Å². The number of nitrogens with one attached hydrogen (secondary N) is 1. The summed E-state index contributed by atoms with van der Waals surface area (Å²) in [5.74, 6) is -0.961. The summed E-state index contributed by atoms with van der Waals surface area (Å²) in [4.78, 5) is 3.69. The molecule has 9 heteroatoms. The molecule has 0 aliphatic rings. The Kier molecular flexibility index (Phi) is 4.34. The monoisotopic (exact) mass is 298 g/mol. The summed E-state index contributed by atoms with van der Waals surface area (Å²) in [6, 6.07) is 2.95. The van der Waals surface area contributed by atoms with E-state index in [0.29, 0.717) is 0 Å². The van der Waals surface area contributed by atoms with Crippen LogP contribution in [0.15, 0.2) is 18.3 Å². The molecule has 0 aromatic carbocycles. The highest BCUT2D eigenvalue weighted by Crippen LogP contribution is 2.18. The van der Waals surface area contributed by atoms with E-state index in [2.05, 4.69) is 9.71 Å². The second kappa shape index (κ2) is 5.19. The van der Waals surface area contributed by atoms with Crippen molar-refractivity contribution < 1.29 is 16.8 Å². The van der Waals surface area contributed by atoms with Gasteiger partial charge in [0.15, 0.2) is 5.15 Å². The Morgan fingerprint density at radius 1 is 1.29 bits per heavy atom. The summed E-state index contributed by atoms with van der Waals surface area (Å²) < 4.78 is 47.0. The van der Waals surface area contributed by atoms with E-state index in [0.717, 1.165) is 6.26 Å². The number of hydrogen-bond donors (Lipinski definition) is 1. The predicted octanol–water partition coefficient (Wildman–Crippen LogP) is 0.521. The van der Waals surface area contributed by atoms with Crippen molar-refractivity contribution in [1.29, 1.82) is 0 Å². The molecular weight excluding hydrogens is 288 g/mol. The van der Waals surface area contributed by atoms with E-state index in [9.17, 15) is 16.8 Å². The molecule has 0 amide bonds. The van der Waals surface area contributed by atoms with Crippen molar-refractivity contribution in [3.63, 3.8) is 0 Å². The number of nitrogens with zero attached hydrogens (tertiary/aromatic N) is 1. The molecule has 0 radical (unpaired) electrons. The number of sulfone groups is 1. The molecule has 17 heavy (non-hydrogen) atoms. The van der Waals surface area contributed by atoms with Crippen molar-refractivity contribution in [3.8, 4) is 0 Å². The molecule has 6 nitrogen and oxygen atoms in total. The molecule has 1 rings (SSSR count). The Labute approximate surface area is 105 Å². The maximum atomic E-state index is 11.5. The van der Waals surface area contributed by atoms with Crippen LogP contribution in [0.1, 0.15) is 0 Å². The maximum absolute atomic E-state index is 11.5. The van der Waals surface area contributed by atoms with Gasteiger partial charge in [-0.2, -0.15) is 0 Å².